The number of ketones is 1. The van der Waals surface area contributed by atoms with Gasteiger partial charge in [0.1, 0.15) is 11.6 Å². The lowest BCUT2D eigenvalue weighted by Gasteiger charge is -2.23. The number of carbonyl (C=O) groups excluding carboxylic acids is 1. The number of benzene rings is 2. The zero-order valence-corrected chi connectivity index (χ0v) is 23.3. The van der Waals surface area contributed by atoms with Gasteiger partial charge in [0.25, 0.3) is 0 Å². The van der Waals surface area contributed by atoms with Crippen molar-refractivity contribution in [3.05, 3.63) is 46.8 Å². The Balaban J connectivity index is 0.00000400. The predicted molar refractivity (Wildman–Crippen MR) is 146 cm³/mol. The van der Waals surface area contributed by atoms with Gasteiger partial charge in [0.15, 0.2) is 23.1 Å². The maximum atomic E-state index is 15.1. The molecule has 2 aromatic rings. The summed E-state index contributed by atoms with van der Waals surface area (Å²) < 4.78 is 31.4. The van der Waals surface area contributed by atoms with E-state index in [-0.39, 0.29) is 65.2 Å². The summed E-state index contributed by atoms with van der Waals surface area (Å²) in [5.74, 6) is -0.903. The first-order valence-electron chi connectivity index (χ1n) is 12.4. The highest BCUT2D eigenvalue weighted by atomic mass is 79.9. The highest BCUT2D eigenvalue weighted by molar-refractivity contribution is 8.93. The van der Waals surface area contributed by atoms with E-state index in [2.05, 4.69) is 4.90 Å². The van der Waals surface area contributed by atoms with Crippen LogP contribution in [-0.2, 0) is 11.3 Å². The van der Waals surface area contributed by atoms with Gasteiger partial charge in [0.05, 0.1) is 38.6 Å². The molecule has 0 atom stereocenters. The molecule has 1 fully saturated rings. The minimum Gasteiger partial charge on any atom is -0.493 e. The Labute approximate surface area is 231 Å². The summed E-state index contributed by atoms with van der Waals surface area (Å²) in [4.78, 5) is 27.7. The second-order valence-electron chi connectivity index (χ2n) is 9.16. The molecule has 2 aromatic carbocycles. The monoisotopic (exact) mass is 593 g/mol. The number of carboxylic acid groups (broad SMARTS) is 1. The molecule has 0 amide bonds. The van der Waals surface area contributed by atoms with E-state index in [1.165, 1.54) is 19.1 Å². The molecule has 38 heavy (non-hydrogen) atoms. The molecule has 11 heteroatoms. The van der Waals surface area contributed by atoms with Crippen molar-refractivity contribution in [2.24, 2.45) is 0 Å². The fourth-order valence-electron chi connectivity index (χ4n) is 4.80. The molecule has 0 radical (unpaired) electrons. The van der Waals surface area contributed by atoms with E-state index in [0.29, 0.717) is 36.3 Å². The van der Waals surface area contributed by atoms with Crippen molar-refractivity contribution < 1.29 is 33.3 Å². The molecule has 0 saturated carbocycles. The topological polar surface area (TPSA) is 112 Å². The third kappa shape index (κ3) is 6.20. The summed E-state index contributed by atoms with van der Waals surface area (Å²) in [6.45, 7) is 2.26. The lowest BCUT2D eigenvalue weighted by atomic mass is 10.1. The third-order valence-corrected chi connectivity index (χ3v) is 6.71. The number of amidine groups is 1. The Bertz CT molecular complexity index is 1200. The first kappa shape index (κ1) is 29.2. The molecule has 2 N–H and O–H groups in total. The Morgan fingerprint density at radius 1 is 1.08 bits per heavy atom. The number of nitrogens with one attached hydrogen (secondary N) is 1. The Morgan fingerprint density at radius 3 is 2.47 bits per heavy atom. The number of unbranched alkanes of at least 4 members (excludes halogenated alkanes) is 1. The molecule has 206 valence electrons. The SMILES string of the molecule is Br.COc1cc2c(c(F)c1OC)C(=N)N(CC(=O)c1ccc(OCCCCC(=O)O)c(N3CCCC3)c1)C2. The lowest BCUT2D eigenvalue weighted by molar-refractivity contribution is -0.137. The molecule has 2 heterocycles. The van der Waals surface area contributed by atoms with Gasteiger partial charge in [0.2, 0.25) is 0 Å². The molecule has 0 bridgehead atoms. The molecular weight excluding hydrogens is 561 g/mol. The molecule has 2 aliphatic heterocycles. The number of carboxylic acids is 1. The van der Waals surface area contributed by atoms with Crippen LogP contribution in [0.5, 0.6) is 17.2 Å². The van der Waals surface area contributed by atoms with E-state index in [9.17, 15) is 9.59 Å². The maximum absolute atomic E-state index is 15.1. The fourth-order valence-corrected chi connectivity index (χ4v) is 4.80. The van der Waals surface area contributed by atoms with E-state index < -0.39 is 11.8 Å². The number of Topliss-reactive ketones (excluding diaryl/α,β-unsaturated/α-hetero) is 1. The van der Waals surface area contributed by atoms with Crippen LogP contribution < -0.4 is 19.1 Å². The molecule has 0 unspecified atom stereocenters. The van der Waals surface area contributed by atoms with Gasteiger partial charge < -0.3 is 29.1 Å². The zero-order valence-electron chi connectivity index (χ0n) is 21.5. The first-order chi connectivity index (χ1) is 17.8. The van der Waals surface area contributed by atoms with Crippen LogP contribution in [0.15, 0.2) is 24.3 Å². The zero-order chi connectivity index (χ0) is 26.5. The average molecular weight is 594 g/mol. The smallest absolute Gasteiger partial charge is 0.303 e. The number of carbonyl (C=O) groups is 2. The minimum atomic E-state index is -0.823. The number of rotatable bonds is 12. The van der Waals surface area contributed by atoms with Gasteiger partial charge in [-0.1, -0.05) is 0 Å². The highest BCUT2D eigenvalue weighted by Crippen LogP contribution is 2.39. The standard InChI is InChI=1S/C27H32FN3O6.BrH/c1-35-22-14-18-15-31(27(29)24(18)25(28)26(22)36-2)16-20(32)17-8-9-21(37-12-6-3-7-23(33)34)19(13-17)30-10-4-5-11-30;/h8-9,13-14,29H,3-7,10-12,15-16H2,1-2H3,(H,33,34);1H. The number of nitrogens with zero attached hydrogens (tertiary/aromatic N) is 2. The summed E-state index contributed by atoms with van der Waals surface area (Å²) in [6.07, 6.45) is 3.37. The number of hydrogen-bond acceptors (Lipinski definition) is 7. The van der Waals surface area contributed by atoms with Crippen molar-refractivity contribution in [1.82, 2.24) is 4.90 Å². The van der Waals surface area contributed by atoms with E-state index in [1.807, 2.05) is 6.07 Å². The van der Waals surface area contributed by atoms with E-state index in [0.717, 1.165) is 31.6 Å². The Morgan fingerprint density at radius 2 is 1.82 bits per heavy atom. The summed E-state index contributed by atoms with van der Waals surface area (Å²) in [5.41, 5.74) is 2.01. The van der Waals surface area contributed by atoms with Gasteiger partial charge in [-0.05, 0) is 55.5 Å². The maximum Gasteiger partial charge on any atom is 0.303 e. The molecule has 2 aliphatic rings. The van der Waals surface area contributed by atoms with Crippen molar-refractivity contribution in [2.45, 2.75) is 38.6 Å². The number of ether oxygens (including phenoxy) is 3. The first-order valence-corrected chi connectivity index (χ1v) is 12.4. The second-order valence-corrected chi connectivity index (χ2v) is 9.16. The van der Waals surface area contributed by atoms with Crippen LogP contribution >= 0.6 is 17.0 Å². The van der Waals surface area contributed by atoms with Crippen LogP contribution in [0.4, 0.5) is 10.1 Å². The molecule has 0 aliphatic carbocycles. The Hall–Kier alpha value is -3.34. The van der Waals surface area contributed by atoms with E-state index in [1.54, 1.807) is 18.2 Å². The molecular formula is C27H33BrFN3O6. The summed E-state index contributed by atoms with van der Waals surface area (Å²) in [6, 6.07) is 6.94. The van der Waals surface area contributed by atoms with Crippen molar-refractivity contribution in [3.8, 4) is 17.2 Å². The van der Waals surface area contributed by atoms with Crippen LogP contribution in [0.1, 0.15) is 53.6 Å². The molecule has 0 spiro atoms. The van der Waals surface area contributed by atoms with Crippen molar-refractivity contribution in [1.29, 1.82) is 5.41 Å². The predicted octanol–water partition coefficient (Wildman–Crippen LogP) is 4.68. The normalized spacial score (nSPS) is 14.2. The fraction of sp³-hybridized carbons (Fsp3) is 0.444. The van der Waals surface area contributed by atoms with Crippen LogP contribution in [0.2, 0.25) is 0 Å². The summed E-state index contributed by atoms with van der Waals surface area (Å²) in [5, 5.41) is 17.3. The molecule has 0 aromatic heterocycles. The Kier molecular flexibility index (Phi) is 9.96. The van der Waals surface area contributed by atoms with Gasteiger partial charge in [-0.15, -0.1) is 17.0 Å². The van der Waals surface area contributed by atoms with Crippen molar-refractivity contribution >= 4 is 40.3 Å². The van der Waals surface area contributed by atoms with Crippen LogP contribution in [0.25, 0.3) is 0 Å². The number of hydrogen-bond donors (Lipinski definition) is 2. The summed E-state index contributed by atoms with van der Waals surface area (Å²) in [7, 11) is 2.77. The largest absolute Gasteiger partial charge is 0.493 e. The number of methoxy groups -OCH3 is 2. The van der Waals surface area contributed by atoms with Crippen LogP contribution in [0, 0.1) is 11.2 Å². The third-order valence-electron chi connectivity index (χ3n) is 6.71. The number of fused-ring (bicyclic) bond motifs is 1. The van der Waals surface area contributed by atoms with Gasteiger partial charge in [0, 0.05) is 31.6 Å². The molecule has 1 saturated heterocycles. The van der Waals surface area contributed by atoms with Gasteiger partial charge in [-0.3, -0.25) is 15.0 Å². The quantitative estimate of drug-likeness (QED) is 0.269. The summed E-state index contributed by atoms with van der Waals surface area (Å²) >= 11 is 0. The number of halogens is 2. The van der Waals surface area contributed by atoms with Gasteiger partial charge in [-0.2, -0.15) is 0 Å². The number of anilines is 1. The number of aliphatic carboxylic acids is 1. The van der Waals surface area contributed by atoms with Crippen molar-refractivity contribution in [3.63, 3.8) is 0 Å². The molecule has 9 nitrogen and oxygen atoms in total. The second kappa shape index (κ2) is 12.9. The molecule has 4 rings (SSSR count). The van der Waals surface area contributed by atoms with Crippen LogP contribution in [0.3, 0.4) is 0 Å². The van der Waals surface area contributed by atoms with E-state index in [4.69, 9.17) is 24.7 Å². The van der Waals surface area contributed by atoms with E-state index >= 15 is 4.39 Å². The van der Waals surface area contributed by atoms with Gasteiger partial charge in [-0.25, -0.2) is 4.39 Å². The lowest BCUT2D eigenvalue weighted by Crippen LogP contribution is -2.30. The average Bonchev–Trinajstić information content (AvgIpc) is 3.52. The van der Waals surface area contributed by atoms with Crippen molar-refractivity contribution in [2.75, 3.05) is 45.4 Å². The van der Waals surface area contributed by atoms with Gasteiger partial charge >= 0.3 is 5.97 Å². The highest BCUT2D eigenvalue weighted by Gasteiger charge is 2.33. The van der Waals surface area contributed by atoms with Crippen LogP contribution in [-0.4, -0.2) is 68.1 Å². The minimum absolute atomic E-state index is 0.